The lowest BCUT2D eigenvalue weighted by atomic mass is 9.83. The average Bonchev–Trinajstić information content (AvgIpc) is 3.51. The molecule has 17 heteroatoms. The summed E-state index contributed by atoms with van der Waals surface area (Å²) in [5.74, 6) is -2.71. The van der Waals surface area contributed by atoms with Crippen molar-refractivity contribution in [2.75, 3.05) is 12.8 Å². The number of benzene rings is 2. The maximum Gasteiger partial charge on any atom is 0.490 e. The Balaban J connectivity index is 0.000000591. The molecule has 2 aliphatic rings. The molecule has 13 nitrogen and oxygen atoms in total. The number of amides is 3. The number of oxime groups is 1. The number of ether oxygens (including phenoxy) is 1. The third kappa shape index (κ3) is 7.66. The van der Waals surface area contributed by atoms with Gasteiger partial charge in [-0.15, -0.1) is 0 Å². The van der Waals surface area contributed by atoms with Crippen LogP contribution in [0.5, 0.6) is 5.75 Å². The number of carboxylic acids is 1. The highest BCUT2D eigenvalue weighted by molar-refractivity contribution is 7.88. The summed E-state index contributed by atoms with van der Waals surface area (Å²) in [5, 5.41) is 17.0. The monoisotopic (exact) mass is 651 g/mol. The lowest BCUT2D eigenvalue weighted by molar-refractivity contribution is -0.192. The number of hydrogen-bond donors (Lipinski definition) is 4. The highest BCUT2D eigenvalue weighted by Crippen LogP contribution is 2.38. The number of halogens is 3. The molecular weight excluding hydrogens is 623 g/mol. The summed E-state index contributed by atoms with van der Waals surface area (Å²) < 4.78 is 64.1. The van der Waals surface area contributed by atoms with Crippen LogP contribution < -0.4 is 20.1 Å². The van der Waals surface area contributed by atoms with Gasteiger partial charge in [-0.2, -0.15) is 13.2 Å². The van der Waals surface area contributed by atoms with Crippen LogP contribution in [0.25, 0.3) is 10.9 Å². The first-order valence-electron chi connectivity index (χ1n) is 13.1. The number of nitrogens with one attached hydrogen (secondary N) is 3. The molecule has 2 unspecified atom stereocenters. The van der Waals surface area contributed by atoms with Gasteiger partial charge in [0.25, 0.3) is 5.91 Å². The summed E-state index contributed by atoms with van der Waals surface area (Å²) in [5.41, 5.74) is 1.07. The van der Waals surface area contributed by atoms with Crippen molar-refractivity contribution in [2.24, 2.45) is 5.16 Å². The quantitative estimate of drug-likeness (QED) is 0.266. The number of para-hydroxylation sites is 1. The van der Waals surface area contributed by atoms with Gasteiger partial charge in [0.05, 0.1) is 24.0 Å². The van der Waals surface area contributed by atoms with Crippen LogP contribution in [-0.4, -0.2) is 66.6 Å². The highest BCUT2D eigenvalue weighted by atomic mass is 32.2. The number of sulfonamides is 1. The first-order chi connectivity index (χ1) is 20.9. The molecule has 0 radical (unpaired) electrons. The molecule has 3 amide bonds. The normalized spacial score (nSPS) is 21.2. The van der Waals surface area contributed by atoms with Gasteiger partial charge in [-0.25, -0.2) is 22.7 Å². The van der Waals surface area contributed by atoms with E-state index in [1.807, 2.05) is 37.3 Å². The van der Waals surface area contributed by atoms with Crippen molar-refractivity contribution in [2.45, 2.75) is 44.2 Å². The third-order valence-corrected chi connectivity index (χ3v) is 7.64. The van der Waals surface area contributed by atoms with Crippen molar-refractivity contribution < 1.29 is 50.7 Å². The van der Waals surface area contributed by atoms with Crippen molar-refractivity contribution in [3.8, 4) is 5.75 Å². The Morgan fingerprint density at radius 3 is 2.38 bits per heavy atom. The van der Waals surface area contributed by atoms with Crippen LogP contribution in [0.1, 0.15) is 30.2 Å². The molecule has 240 valence electrons. The zero-order chi connectivity index (χ0) is 33.2. The maximum atomic E-state index is 12.4. The lowest BCUT2D eigenvalue weighted by Crippen LogP contribution is -2.52. The fourth-order valence-corrected chi connectivity index (χ4v) is 5.12. The highest BCUT2D eigenvalue weighted by Gasteiger charge is 2.53. The lowest BCUT2D eigenvalue weighted by Gasteiger charge is -2.28. The molecule has 2 atom stereocenters. The Bertz CT molecular complexity index is 1780. The molecule has 5 rings (SSSR count). The van der Waals surface area contributed by atoms with E-state index >= 15 is 0 Å². The van der Waals surface area contributed by atoms with Crippen molar-refractivity contribution in [1.29, 1.82) is 0 Å². The molecule has 2 aromatic carbocycles. The Kier molecular flexibility index (Phi) is 9.07. The standard InChI is InChI=1S/C26H27N5O6S.C2HF3O2/c1-16-12-17(20-6-4-5-7-21(20)28-16)14-36-19-10-8-18(9-11-19)26(15-27-38(3,34)35)13-22(31-37-26)25(2)23(32)29-24(33)30-25;3-2(4,5)1(6)7/h4-12,27H,13-15H2,1-3H3,(H2,29,30,32,33);(H,6,7). The average molecular weight is 652 g/mol. The number of alkyl halides is 3. The minimum atomic E-state index is -5.08. The van der Waals surface area contributed by atoms with E-state index in [1.54, 1.807) is 24.3 Å². The Hall–Kier alpha value is -4.77. The molecular formula is C28H28F3N5O8S. The number of nitrogens with zero attached hydrogens (tertiary/aromatic N) is 2. The van der Waals surface area contributed by atoms with E-state index in [0.29, 0.717) is 17.9 Å². The van der Waals surface area contributed by atoms with Crippen molar-refractivity contribution in [3.63, 3.8) is 0 Å². The third-order valence-electron chi connectivity index (χ3n) is 6.97. The molecule has 0 saturated carbocycles. The van der Waals surface area contributed by atoms with Crippen LogP contribution in [0, 0.1) is 6.92 Å². The number of pyridine rings is 1. The van der Waals surface area contributed by atoms with Gasteiger partial charge in [0.15, 0.2) is 11.1 Å². The van der Waals surface area contributed by atoms with Crippen molar-refractivity contribution in [1.82, 2.24) is 20.3 Å². The first-order valence-corrected chi connectivity index (χ1v) is 15.0. The topological polar surface area (TPSA) is 185 Å². The van der Waals surface area contributed by atoms with Crippen molar-refractivity contribution >= 4 is 44.5 Å². The van der Waals surface area contributed by atoms with E-state index in [-0.39, 0.29) is 18.7 Å². The molecule has 1 fully saturated rings. The summed E-state index contributed by atoms with van der Waals surface area (Å²) in [7, 11) is -3.56. The van der Waals surface area contributed by atoms with Gasteiger partial charge in [-0.3, -0.25) is 15.1 Å². The number of carbonyl (C=O) groups is 3. The summed E-state index contributed by atoms with van der Waals surface area (Å²) in [6.07, 6.45) is -3.97. The number of urea groups is 1. The minimum Gasteiger partial charge on any atom is -0.489 e. The van der Waals surface area contributed by atoms with Crippen molar-refractivity contribution in [3.05, 3.63) is 71.4 Å². The van der Waals surface area contributed by atoms with E-state index in [9.17, 15) is 31.2 Å². The molecule has 4 N–H and O–H groups in total. The summed E-state index contributed by atoms with van der Waals surface area (Å²) >= 11 is 0. The van der Waals surface area contributed by atoms with E-state index in [2.05, 4.69) is 25.5 Å². The summed E-state index contributed by atoms with van der Waals surface area (Å²) in [4.78, 5) is 43.5. The van der Waals surface area contributed by atoms with Gasteiger partial charge in [-0.1, -0.05) is 35.5 Å². The predicted molar refractivity (Wildman–Crippen MR) is 154 cm³/mol. The molecule has 2 aliphatic heterocycles. The van der Waals surface area contributed by atoms with Gasteiger partial charge < -0.3 is 20.0 Å². The van der Waals surface area contributed by atoms with Gasteiger partial charge >= 0.3 is 18.2 Å². The number of rotatable bonds is 8. The number of aryl methyl sites for hydroxylation is 1. The molecule has 0 bridgehead atoms. The molecule has 1 aromatic heterocycles. The number of carbonyl (C=O) groups excluding carboxylic acids is 2. The molecule has 0 aliphatic carbocycles. The second-order valence-corrected chi connectivity index (χ2v) is 12.3. The van der Waals surface area contributed by atoms with Crippen LogP contribution >= 0.6 is 0 Å². The predicted octanol–water partition coefficient (Wildman–Crippen LogP) is 2.87. The Labute approximate surface area is 254 Å². The van der Waals surface area contributed by atoms with E-state index < -0.39 is 45.2 Å². The van der Waals surface area contributed by atoms with Gasteiger partial charge in [0, 0.05) is 28.6 Å². The Morgan fingerprint density at radius 1 is 1.16 bits per heavy atom. The number of aromatic nitrogens is 1. The van der Waals surface area contributed by atoms with E-state index in [1.165, 1.54) is 6.92 Å². The second kappa shape index (κ2) is 12.3. The Morgan fingerprint density at radius 2 is 1.80 bits per heavy atom. The number of aliphatic carboxylic acids is 1. The number of hydrogen-bond acceptors (Lipinski definition) is 9. The van der Waals surface area contributed by atoms with Crippen LogP contribution in [0.2, 0.25) is 0 Å². The number of carboxylic acid groups (broad SMARTS) is 1. The minimum absolute atomic E-state index is 0.0716. The largest absolute Gasteiger partial charge is 0.490 e. The fourth-order valence-electron chi connectivity index (χ4n) is 4.62. The molecule has 45 heavy (non-hydrogen) atoms. The van der Waals surface area contributed by atoms with E-state index in [0.717, 1.165) is 28.4 Å². The fraction of sp³-hybridized carbons (Fsp3) is 0.321. The molecule has 3 aromatic rings. The zero-order valence-electron chi connectivity index (χ0n) is 24.1. The van der Waals surface area contributed by atoms with Crippen LogP contribution in [0.15, 0.2) is 59.8 Å². The smallest absolute Gasteiger partial charge is 0.489 e. The number of fused-ring (bicyclic) bond motifs is 1. The maximum absolute atomic E-state index is 12.4. The molecule has 3 heterocycles. The molecule has 0 spiro atoms. The number of imide groups is 1. The molecule has 1 saturated heterocycles. The van der Waals surface area contributed by atoms with Gasteiger partial charge in [0.1, 0.15) is 12.4 Å². The van der Waals surface area contributed by atoms with Crippen LogP contribution in [0.3, 0.4) is 0 Å². The zero-order valence-corrected chi connectivity index (χ0v) is 24.9. The summed E-state index contributed by atoms with van der Waals surface area (Å²) in [6.45, 7) is 3.67. The first kappa shape index (κ1) is 33.1. The summed E-state index contributed by atoms with van der Waals surface area (Å²) in [6, 6.07) is 16.3. The van der Waals surface area contributed by atoms with Gasteiger partial charge in [0.2, 0.25) is 10.0 Å². The van der Waals surface area contributed by atoms with Gasteiger partial charge in [-0.05, 0) is 38.1 Å². The second-order valence-electron chi connectivity index (χ2n) is 10.5. The SMILES string of the molecule is Cc1cc(COc2ccc(C3(CNS(C)(=O)=O)CC(C4(C)NC(=O)NC4=O)=NO3)cc2)c2ccccc2n1.O=C(O)C(F)(F)F. The van der Waals surface area contributed by atoms with Crippen LogP contribution in [-0.2, 0) is 36.7 Å². The van der Waals surface area contributed by atoms with Crippen LogP contribution in [0.4, 0.5) is 18.0 Å². The van der Waals surface area contributed by atoms with E-state index in [4.69, 9.17) is 19.5 Å².